The van der Waals surface area contributed by atoms with Crippen LogP contribution in [0.1, 0.15) is 12.5 Å². The minimum absolute atomic E-state index is 0.0779. The minimum Gasteiger partial charge on any atom is -0.507 e. The van der Waals surface area contributed by atoms with Crippen LogP contribution < -0.4 is 19.9 Å². The molecule has 2 aromatic rings. The summed E-state index contributed by atoms with van der Waals surface area (Å²) in [6.07, 6.45) is 0.581. The molecule has 4 N–H and O–H groups in total. The van der Waals surface area contributed by atoms with Gasteiger partial charge in [-0.1, -0.05) is 18.2 Å². The molecular weight excluding hydrogens is 356 g/mol. The molecule has 0 aromatic heterocycles. The van der Waals surface area contributed by atoms with Crippen LogP contribution in [0.5, 0.6) is 17.2 Å². The van der Waals surface area contributed by atoms with Gasteiger partial charge in [-0.25, -0.2) is 13.6 Å². The van der Waals surface area contributed by atoms with Gasteiger partial charge >= 0.3 is 0 Å². The van der Waals surface area contributed by atoms with Gasteiger partial charge in [-0.3, -0.25) is 0 Å². The molecule has 2 rings (SSSR count). The quantitative estimate of drug-likeness (QED) is 0.571. The Labute approximate surface area is 153 Å². The standard InChI is InChI=1S/C18H24N2O5S/c1-13(11-14-7-8-15(21)18(12-14)26(19,22)23)20-9-10-25-17-6-4-3-5-16(17)24-2/h3-8,12-13,20-21H,9-11H2,1-2H3,(H2,19,22,23). The van der Waals surface area contributed by atoms with Gasteiger partial charge in [-0.05, 0) is 43.2 Å². The number of nitrogens with one attached hydrogen (secondary N) is 1. The lowest BCUT2D eigenvalue weighted by Crippen LogP contribution is -2.31. The smallest absolute Gasteiger partial charge is 0.241 e. The van der Waals surface area contributed by atoms with Crippen molar-refractivity contribution in [1.29, 1.82) is 0 Å². The number of ether oxygens (including phenoxy) is 2. The van der Waals surface area contributed by atoms with E-state index in [1.807, 2.05) is 31.2 Å². The first-order valence-corrected chi connectivity index (χ1v) is 9.70. The number of hydrogen-bond donors (Lipinski definition) is 3. The van der Waals surface area contributed by atoms with Crippen LogP contribution >= 0.6 is 0 Å². The molecule has 0 fully saturated rings. The number of nitrogens with two attached hydrogens (primary N) is 1. The van der Waals surface area contributed by atoms with Crippen LogP contribution in [0, 0.1) is 0 Å². The molecule has 0 aliphatic carbocycles. The number of benzene rings is 2. The fourth-order valence-corrected chi connectivity index (χ4v) is 3.22. The average molecular weight is 380 g/mol. The van der Waals surface area contributed by atoms with Gasteiger partial charge in [-0.15, -0.1) is 0 Å². The third kappa shape index (κ3) is 5.62. The molecule has 0 amide bonds. The SMILES string of the molecule is COc1ccccc1OCCNC(C)Cc1ccc(O)c(S(N)(=O)=O)c1. The summed E-state index contributed by atoms with van der Waals surface area (Å²) in [5.41, 5.74) is 0.762. The molecule has 0 spiro atoms. The maximum atomic E-state index is 11.5. The highest BCUT2D eigenvalue weighted by molar-refractivity contribution is 7.89. The first-order chi connectivity index (χ1) is 12.3. The Hall–Kier alpha value is -2.29. The summed E-state index contributed by atoms with van der Waals surface area (Å²) in [4.78, 5) is -0.262. The number of rotatable bonds is 9. The summed E-state index contributed by atoms with van der Waals surface area (Å²) in [6, 6.07) is 11.9. The van der Waals surface area contributed by atoms with E-state index in [2.05, 4.69) is 5.32 Å². The van der Waals surface area contributed by atoms with Gasteiger partial charge in [0.25, 0.3) is 0 Å². The highest BCUT2D eigenvalue weighted by Crippen LogP contribution is 2.25. The summed E-state index contributed by atoms with van der Waals surface area (Å²) in [6.45, 7) is 3.05. The van der Waals surface area contributed by atoms with Gasteiger partial charge < -0.3 is 19.9 Å². The zero-order valence-corrected chi connectivity index (χ0v) is 15.6. The lowest BCUT2D eigenvalue weighted by molar-refractivity contribution is 0.287. The molecule has 142 valence electrons. The van der Waals surface area contributed by atoms with Gasteiger partial charge in [0.1, 0.15) is 17.3 Å². The topological polar surface area (TPSA) is 111 Å². The van der Waals surface area contributed by atoms with Crippen molar-refractivity contribution in [2.45, 2.75) is 24.3 Å². The molecule has 0 saturated carbocycles. The lowest BCUT2D eigenvalue weighted by Gasteiger charge is -2.16. The molecule has 0 bridgehead atoms. The molecule has 0 heterocycles. The van der Waals surface area contributed by atoms with Crippen molar-refractivity contribution in [1.82, 2.24) is 5.32 Å². The molecule has 8 heteroatoms. The predicted molar refractivity (Wildman–Crippen MR) is 99.1 cm³/mol. The number of sulfonamides is 1. The van der Waals surface area contributed by atoms with Crippen LogP contribution in [-0.2, 0) is 16.4 Å². The van der Waals surface area contributed by atoms with Crippen molar-refractivity contribution < 1.29 is 23.0 Å². The highest BCUT2D eigenvalue weighted by Gasteiger charge is 2.15. The van der Waals surface area contributed by atoms with Gasteiger partial charge in [0.05, 0.1) is 7.11 Å². The second-order valence-corrected chi connectivity index (χ2v) is 7.44. The van der Waals surface area contributed by atoms with Crippen molar-refractivity contribution in [2.24, 2.45) is 5.14 Å². The number of aromatic hydroxyl groups is 1. The van der Waals surface area contributed by atoms with E-state index in [1.165, 1.54) is 12.1 Å². The minimum atomic E-state index is -3.95. The molecular formula is C18H24N2O5S. The van der Waals surface area contributed by atoms with Crippen LogP contribution in [-0.4, -0.2) is 39.8 Å². The fourth-order valence-electron chi connectivity index (χ4n) is 2.54. The van der Waals surface area contributed by atoms with E-state index in [-0.39, 0.29) is 16.7 Å². The second-order valence-electron chi connectivity index (χ2n) is 5.91. The molecule has 1 unspecified atom stereocenters. The average Bonchev–Trinajstić information content (AvgIpc) is 2.59. The third-order valence-corrected chi connectivity index (χ3v) is 4.73. The van der Waals surface area contributed by atoms with Crippen LogP contribution in [0.15, 0.2) is 47.4 Å². The van der Waals surface area contributed by atoms with Crippen molar-refractivity contribution in [3.8, 4) is 17.2 Å². The molecule has 2 aromatic carbocycles. The Morgan fingerprint density at radius 3 is 2.54 bits per heavy atom. The number of phenolic OH excluding ortho intramolecular Hbond substituents is 1. The number of phenols is 1. The van der Waals surface area contributed by atoms with Gasteiger partial charge in [-0.2, -0.15) is 0 Å². The van der Waals surface area contributed by atoms with Gasteiger partial charge in [0.2, 0.25) is 10.0 Å². The van der Waals surface area contributed by atoms with Crippen LogP contribution in [0.4, 0.5) is 0 Å². The lowest BCUT2D eigenvalue weighted by atomic mass is 10.1. The molecule has 0 aliphatic rings. The van der Waals surface area contributed by atoms with Gasteiger partial charge in [0, 0.05) is 12.6 Å². The van der Waals surface area contributed by atoms with E-state index in [0.717, 1.165) is 5.56 Å². The van der Waals surface area contributed by atoms with Crippen LogP contribution in [0.2, 0.25) is 0 Å². The van der Waals surface area contributed by atoms with Crippen LogP contribution in [0.25, 0.3) is 0 Å². The number of hydrogen-bond acceptors (Lipinski definition) is 6. The summed E-state index contributed by atoms with van der Waals surface area (Å²) in [5, 5.41) is 18.0. The van der Waals surface area contributed by atoms with Crippen molar-refractivity contribution in [2.75, 3.05) is 20.3 Å². The van der Waals surface area contributed by atoms with Crippen LogP contribution in [0.3, 0.4) is 0 Å². The van der Waals surface area contributed by atoms with E-state index in [1.54, 1.807) is 13.2 Å². The first-order valence-electron chi connectivity index (χ1n) is 8.15. The van der Waals surface area contributed by atoms with Crippen molar-refractivity contribution in [3.63, 3.8) is 0 Å². The first kappa shape index (κ1) is 20.0. The molecule has 7 nitrogen and oxygen atoms in total. The molecule has 0 radical (unpaired) electrons. The Morgan fingerprint density at radius 2 is 1.88 bits per heavy atom. The third-order valence-electron chi connectivity index (χ3n) is 3.79. The van der Waals surface area contributed by atoms with E-state index < -0.39 is 10.0 Å². The summed E-state index contributed by atoms with van der Waals surface area (Å²) >= 11 is 0. The monoisotopic (exact) mass is 380 g/mol. The maximum Gasteiger partial charge on any atom is 0.241 e. The number of primary sulfonamides is 1. The van der Waals surface area contributed by atoms with E-state index >= 15 is 0 Å². The summed E-state index contributed by atoms with van der Waals surface area (Å²) in [5.74, 6) is 1.02. The largest absolute Gasteiger partial charge is 0.507 e. The van der Waals surface area contributed by atoms with E-state index in [4.69, 9.17) is 14.6 Å². The molecule has 1 atom stereocenters. The summed E-state index contributed by atoms with van der Waals surface area (Å²) < 4.78 is 33.8. The molecule has 0 saturated heterocycles. The Kier molecular flexibility index (Phi) is 6.84. The number of para-hydroxylation sites is 2. The normalized spacial score (nSPS) is 12.6. The zero-order chi connectivity index (χ0) is 19.2. The fraction of sp³-hybridized carbons (Fsp3) is 0.333. The Morgan fingerprint density at radius 1 is 1.19 bits per heavy atom. The van der Waals surface area contributed by atoms with Crippen molar-refractivity contribution in [3.05, 3.63) is 48.0 Å². The van der Waals surface area contributed by atoms with E-state index in [0.29, 0.717) is 31.1 Å². The molecule has 26 heavy (non-hydrogen) atoms. The second kappa shape index (κ2) is 8.88. The highest BCUT2D eigenvalue weighted by atomic mass is 32.2. The predicted octanol–water partition coefficient (Wildman–Crippen LogP) is 1.65. The van der Waals surface area contributed by atoms with E-state index in [9.17, 15) is 13.5 Å². The maximum absolute atomic E-state index is 11.5. The Bertz CT molecular complexity index is 839. The Balaban J connectivity index is 1.85. The zero-order valence-electron chi connectivity index (χ0n) is 14.8. The molecule has 0 aliphatic heterocycles. The van der Waals surface area contributed by atoms with Gasteiger partial charge in [0.15, 0.2) is 11.5 Å². The number of methoxy groups -OCH3 is 1. The van der Waals surface area contributed by atoms with Crippen molar-refractivity contribution >= 4 is 10.0 Å². The summed E-state index contributed by atoms with van der Waals surface area (Å²) in [7, 11) is -2.36.